The van der Waals surface area contributed by atoms with Crippen molar-refractivity contribution in [2.45, 2.75) is 43.3 Å². The van der Waals surface area contributed by atoms with Gasteiger partial charge in [0, 0.05) is 26.9 Å². The minimum absolute atomic E-state index is 0.0323. The molecule has 0 aliphatic carbocycles. The third kappa shape index (κ3) is 6.62. The molecule has 2 N–H and O–H groups in total. The van der Waals surface area contributed by atoms with Crippen LogP contribution in [0.25, 0.3) is 0 Å². The molecule has 166 valence electrons. The molecular formula is C26H27ClN2O2S. The van der Waals surface area contributed by atoms with Crippen molar-refractivity contribution in [2.24, 2.45) is 0 Å². The van der Waals surface area contributed by atoms with E-state index in [1.54, 1.807) is 36.4 Å². The summed E-state index contributed by atoms with van der Waals surface area (Å²) in [4.78, 5) is 26.2. The summed E-state index contributed by atoms with van der Waals surface area (Å²) in [6, 6.07) is 22.1. The Morgan fingerprint density at radius 3 is 2.06 bits per heavy atom. The molecule has 0 aliphatic heterocycles. The van der Waals surface area contributed by atoms with Crippen LogP contribution in [-0.4, -0.2) is 17.1 Å². The lowest BCUT2D eigenvalue weighted by Gasteiger charge is -2.19. The SMILES string of the molecule is C[C@@H](Sc1ccc(Cl)cc1)C(=O)Nc1cccc(NC(=O)c2ccc(C(C)(C)C)cc2)c1. The van der Waals surface area contributed by atoms with E-state index < -0.39 is 0 Å². The van der Waals surface area contributed by atoms with Crippen LogP contribution in [-0.2, 0) is 10.2 Å². The van der Waals surface area contributed by atoms with Gasteiger partial charge in [0.1, 0.15) is 0 Å². The third-order valence-corrected chi connectivity index (χ3v) is 6.26. The fraction of sp³-hybridized carbons (Fsp3) is 0.231. The van der Waals surface area contributed by atoms with Gasteiger partial charge in [0.2, 0.25) is 5.91 Å². The fourth-order valence-electron chi connectivity index (χ4n) is 3.01. The Balaban J connectivity index is 1.61. The summed E-state index contributed by atoms with van der Waals surface area (Å²) in [5, 5.41) is 6.18. The van der Waals surface area contributed by atoms with Crippen molar-refractivity contribution in [3.63, 3.8) is 0 Å². The lowest BCUT2D eigenvalue weighted by Crippen LogP contribution is -2.22. The molecule has 0 bridgehead atoms. The maximum atomic E-state index is 12.6. The van der Waals surface area contributed by atoms with Gasteiger partial charge in [0.05, 0.1) is 5.25 Å². The van der Waals surface area contributed by atoms with E-state index >= 15 is 0 Å². The van der Waals surface area contributed by atoms with Crippen LogP contribution in [0, 0.1) is 0 Å². The summed E-state index contributed by atoms with van der Waals surface area (Å²) in [6.45, 7) is 8.26. The van der Waals surface area contributed by atoms with Gasteiger partial charge in [0.15, 0.2) is 0 Å². The zero-order valence-corrected chi connectivity index (χ0v) is 20.2. The second-order valence-electron chi connectivity index (χ2n) is 8.57. The Morgan fingerprint density at radius 1 is 0.875 bits per heavy atom. The maximum absolute atomic E-state index is 12.6. The number of carbonyl (C=O) groups excluding carboxylic acids is 2. The predicted molar refractivity (Wildman–Crippen MR) is 135 cm³/mol. The van der Waals surface area contributed by atoms with Crippen LogP contribution in [0.2, 0.25) is 5.02 Å². The van der Waals surface area contributed by atoms with E-state index in [2.05, 4.69) is 31.4 Å². The van der Waals surface area contributed by atoms with Crippen molar-refractivity contribution < 1.29 is 9.59 Å². The molecule has 0 spiro atoms. The van der Waals surface area contributed by atoms with Crippen LogP contribution >= 0.6 is 23.4 Å². The minimum atomic E-state index is -0.296. The topological polar surface area (TPSA) is 58.2 Å². The summed E-state index contributed by atoms with van der Waals surface area (Å²) >= 11 is 7.37. The molecule has 3 aromatic rings. The van der Waals surface area contributed by atoms with Crippen LogP contribution in [0.1, 0.15) is 43.6 Å². The van der Waals surface area contributed by atoms with E-state index in [-0.39, 0.29) is 22.5 Å². The highest BCUT2D eigenvalue weighted by atomic mass is 35.5. The highest BCUT2D eigenvalue weighted by molar-refractivity contribution is 8.00. The van der Waals surface area contributed by atoms with Gasteiger partial charge in [-0.2, -0.15) is 0 Å². The fourth-order valence-corrected chi connectivity index (χ4v) is 4.01. The van der Waals surface area contributed by atoms with Crippen LogP contribution in [0.4, 0.5) is 11.4 Å². The molecular weight excluding hydrogens is 440 g/mol. The van der Waals surface area contributed by atoms with Crippen molar-refractivity contribution >= 4 is 46.6 Å². The highest BCUT2D eigenvalue weighted by Gasteiger charge is 2.16. The van der Waals surface area contributed by atoms with Gasteiger partial charge < -0.3 is 10.6 Å². The second-order valence-corrected chi connectivity index (χ2v) is 10.4. The Hall–Kier alpha value is -2.76. The van der Waals surface area contributed by atoms with Gasteiger partial charge in [-0.1, -0.05) is 50.6 Å². The number of amides is 2. The molecule has 4 nitrogen and oxygen atoms in total. The number of thioether (sulfide) groups is 1. The molecule has 2 amide bonds. The molecule has 0 aliphatic rings. The maximum Gasteiger partial charge on any atom is 0.255 e. The number of nitrogens with one attached hydrogen (secondary N) is 2. The molecule has 0 heterocycles. The summed E-state index contributed by atoms with van der Waals surface area (Å²) < 4.78 is 0. The Labute approximate surface area is 198 Å². The van der Waals surface area contributed by atoms with E-state index in [0.717, 1.165) is 4.90 Å². The summed E-state index contributed by atoms with van der Waals surface area (Å²) in [7, 11) is 0. The van der Waals surface area contributed by atoms with E-state index in [9.17, 15) is 9.59 Å². The summed E-state index contributed by atoms with van der Waals surface area (Å²) in [6.07, 6.45) is 0. The number of hydrogen-bond acceptors (Lipinski definition) is 3. The molecule has 0 saturated carbocycles. The van der Waals surface area contributed by atoms with E-state index in [1.165, 1.54) is 17.3 Å². The third-order valence-electron chi connectivity index (χ3n) is 4.90. The summed E-state index contributed by atoms with van der Waals surface area (Å²) in [5.41, 5.74) is 3.03. The number of carbonyl (C=O) groups is 2. The van der Waals surface area contributed by atoms with Crippen LogP contribution in [0.5, 0.6) is 0 Å². The van der Waals surface area contributed by atoms with Gasteiger partial charge in [0.25, 0.3) is 5.91 Å². The number of anilines is 2. The normalized spacial score (nSPS) is 12.2. The molecule has 1 atom stereocenters. The molecule has 0 fully saturated rings. The molecule has 3 rings (SSSR count). The minimum Gasteiger partial charge on any atom is -0.325 e. The highest BCUT2D eigenvalue weighted by Crippen LogP contribution is 2.26. The van der Waals surface area contributed by atoms with Gasteiger partial charge in [-0.3, -0.25) is 9.59 Å². The lowest BCUT2D eigenvalue weighted by molar-refractivity contribution is -0.115. The number of hydrogen-bond donors (Lipinski definition) is 2. The number of halogens is 1. The molecule has 0 radical (unpaired) electrons. The first-order valence-corrected chi connectivity index (χ1v) is 11.6. The van der Waals surface area contributed by atoms with Gasteiger partial charge in [-0.05, 0) is 72.5 Å². The molecule has 32 heavy (non-hydrogen) atoms. The van der Waals surface area contributed by atoms with E-state index in [0.29, 0.717) is 22.0 Å². The first-order valence-electron chi connectivity index (χ1n) is 10.4. The Bertz CT molecular complexity index is 1090. The Kier molecular flexibility index (Phi) is 7.64. The van der Waals surface area contributed by atoms with Gasteiger partial charge in [-0.15, -0.1) is 11.8 Å². The largest absolute Gasteiger partial charge is 0.325 e. The smallest absolute Gasteiger partial charge is 0.255 e. The first kappa shape index (κ1) is 23.9. The van der Waals surface area contributed by atoms with Crippen molar-refractivity contribution in [3.05, 3.63) is 88.9 Å². The van der Waals surface area contributed by atoms with Crippen molar-refractivity contribution in [3.8, 4) is 0 Å². The molecule has 0 unspecified atom stereocenters. The van der Waals surface area contributed by atoms with Crippen molar-refractivity contribution in [1.82, 2.24) is 0 Å². The quantitative estimate of drug-likeness (QED) is 0.384. The Morgan fingerprint density at radius 2 is 1.47 bits per heavy atom. The second kappa shape index (κ2) is 10.2. The summed E-state index contributed by atoms with van der Waals surface area (Å²) in [5.74, 6) is -0.313. The predicted octanol–water partition coefficient (Wildman–Crippen LogP) is 7.01. The standard InChI is InChI=1S/C26H27ClN2O2S/c1-17(32-23-14-12-20(27)13-15-23)24(30)28-21-6-5-7-22(16-21)29-25(31)18-8-10-19(11-9-18)26(2,3)4/h5-17H,1-4H3,(H,28,30)(H,29,31)/t17-/m1/s1. The van der Waals surface area contributed by atoms with Crippen molar-refractivity contribution in [2.75, 3.05) is 10.6 Å². The van der Waals surface area contributed by atoms with Crippen molar-refractivity contribution in [1.29, 1.82) is 0 Å². The van der Waals surface area contributed by atoms with E-state index in [1.807, 2.05) is 43.3 Å². The monoisotopic (exact) mass is 466 g/mol. The van der Waals surface area contributed by atoms with Gasteiger partial charge >= 0.3 is 0 Å². The molecule has 0 aromatic heterocycles. The zero-order valence-electron chi connectivity index (χ0n) is 18.6. The van der Waals surface area contributed by atoms with Crippen LogP contribution < -0.4 is 10.6 Å². The number of rotatable bonds is 6. The molecule has 6 heteroatoms. The lowest BCUT2D eigenvalue weighted by atomic mass is 9.87. The van der Waals surface area contributed by atoms with Gasteiger partial charge in [-0.25, -0.2) is 0 Å². The molecule has 0 saturated heterocycles. The van der Waals surface area contributed by atoms with Crippen LogP contribution in [0.15, 0.2) is 77.7 Å². The average Bonchev–Trinajstić information content (AvgIpc) is 2.75. The zero-order chi connectivity index (χ0) is 23.3. The van der Waals surface area contributed by atoms with E-state index in [4.69, 9.17) is 11.6 Å². The molecule has 3 aromatic carbocycles. The number of benzene rings is 3. The first-order chi connectivity index (χ1) is 15.1. The van der Waals surface area contributed by atoms with Crippen LogP contribution in [0.3, 0.4) is 0 Å². The average molecular weight is 467 g/mol.